The van der Waals surface area contributed by atoms with Crippen LogP contribution in [0, 0.1) is 31.0 Å². The van der Waals surface area contributed by atoms with E-state index in [2.05, 4.69) is 74.5 Å². The lowest BCUT2D eigenvalue weighted by molar-refractivity contribution is 0.0570. The first kappa shape index (κ1) is 32.3. The number of pyridine rings is 1. The van der Waals surface area contributed by atoms with Crippen LogP contribution in [0.5, 0.6) is 0 Å². The number of piperidine rings is 1. The first-order chi connectivity index (χ1) is 21.9. The molecule has 0 spiro atoms. The fraction of sp³-hybridized carbons (Fsp3) is 0.364. The van der Waals surface area contributed by atoms with Crippen molar-refractivity contribution in [3.05, 3.63) is 85.4 Å². The Morgan fingerprint density at radius 2 is 1.91 bits per heavy atom. The Balaban J connectivity index is 1.34. The molecule has 2 aliphatic heterocycles. The van der Waals surface area contributed by atoms with Crippen LogP contribution in [0.3, 0.4) is 0 Å². The lowest BCUT2D eigenvalue weighted by atomic mass is 9.98. The molecule has 0 radical (unpaired) electrons. The van der Waals surface area contributed by atoms with Gasteiger partial charge >= 0.3 is 0 Å². The normalized spacial score (nSPS) is 16.7. The number of benzene rings is 2. The van der Waals surface area contributed by atoms with E-state index in [4.69, 9.17) is 23.2 Å². The number of rotatable bonds is 7. The summed E-state index contributed by atoms with van der Waals surface area (Å²) < 4.78 is 15.2. The summed E-state index contributed by atoms with van der Waals surface area (Å²) in [7, 11) is 0. The molecule has 2 aliphatic rings. The van der Waals surface area contributed by atoms with Crippen LogP contribution in [0.4, 0.5) is 21.5 Å². The lowest BCUT2D eigenvalue weighted by Gasteiger charge is -2.42. The Bertz CT molecular complexity index is 1850. The van der Waals surface area contributed by atoms with Gasteiger partial charge in [-0.05, 0) is 71.2 Å². The van der Waals surface area contributed by atoms with E-state index in [1.165, 1.54) is 6.20 Å². The number of fused-ring (bicyclic) bond motifs is 1. The molecule has 0 bridgehead atoms. The fourth-order valence-corrected chi connectivity index (χ4v) is 7.28. The average Bonchev–Trinajstić information content (AvgIpc) is 3.69. The van der Waals surface area contributed by atoms with Crippen LogP contribution in [-0.4, -0.2) is 44.5 Å². The van der Waals surface area contributed by atoms with Crippen molar-refractivity contribution in [1.82, 2.24) is 30.8 Å². The minimum Gasteiger partial charge on any atom is -0.372 e. The Morgan fingerprint density at radius 3 is 2.59 bits per heavy atom. The van der Waals surface area contributed by atoms with Gasteiger partial charge in [-0.3, -0.25) is 14.9 Å². The smallest absolute Gasteiger partial charge is 0.165 e. The van der Waals surface area contributed by atoms with Crippen LogP contribution in [0.15, 0.2) is 47.9 Å². The van der Waals surface area contributed by atoms with Crippen LogP contribution in [0.2, 0.25) is 10.0 Å². The van der Waals surface area contributed by atoms with E-state index < -0.39 is 5.82 Å². The number of hydrazine groups is 2. The molecule has 4 heterocycles. The number of nitrogens with zero attached hydrogens (tertiary/aromatic N) is 5. The third-order valence-corrected chi connectivity index (χ3v) is 10.4. The number of anilines is 3. The van der Waals surface area contributed by atoms with Gasteiger partial charge in [0.25, 0.3) is 0 Å². The summed E-state index contributed by atoms with van der Waals surface area (Å²) in [4.78, 5) is 12.5. The van der Waals surface area contributed by atoms with E-state index >= 15 is 4.39 Å². The fourth-order valence-electron chi connectivity index (χ4n) is 5.98. The van der Waals surface area contributed by atoms with Gasteiger partial charge in [-0.2, -0.15) is 5.26 Å². The Hall–Kier alpha value is -3.66. The zero-order chi connectivity index (χ0) is 32.7. The van der Waals surface area contributed by atoms with Crippen LogP contribution in [-0.2, 0) is 0 Å². The summed E-state index contributed by atoms with van der Waals surface area (Å²) in [6.45, 7) is 12.6. The highest BCUT2D eigenvalue weighted by atomic mass is 35.5. The van der Waals surface area contributed by atoms with E-state index in [9.17, 15) is 5.26 Å². The molecule has 46 heavy (non-hydrogen) atoms. The molecule has 4 aromatic rings. The zero-order valence-electron chi connectivity index (χ0n) is 26.3. The molecule has 9 nitrogen and oxygen atoms in total. The van der Waals surface area contributed by atoms with Gasteiger partial charge < -0.3 is 16.1 Å². The molecule has 0 unspecified atom stereocenters. The van der Waals surface area contributed by atoms with Crippen LogP contribution < -0.4 is 21.6 Å². The van der Waals surface area contributed by atoms with Crippen molar-refractivity contribution in [1.29, 1.82) is 5.26 Å². The van der Waals surface area contributed by atoms with Crippen molar-refractivity contribution in [3.8, 4) is 6.07 Å². The minimum absolute atomic E-state index is 0.0183. The Labute approximate surface area is 282 Å². The van der Waals surface area contributed by atoms with Gasteiger partial charge in [0.1, 0.15) is 12.1 Å². The number of aromatic nitrogens is 2. The molecule has 1 saturated heterocycles. The highest BCUT2D eigenvalue weighted by Gasteiger charge is 2.33. The average molecular weight is 681 g/mol. The monoisotopic (exact) mass is 679 g/mol. The molecule has 2 aromatic heterocycles. The molecule has 13 heteroatoms. The number of hydrogen-bond acceptors (Lipinski definition) is 10. The summed E-state index contributed by atoms with van der Waals surface area (Å²) in [6.07, 6.45) is 5.65. The summed E-state index contributed by atoms with van der Waals surface area (Å²) in [6, 6.07) is 9.23. The van der Waals surface area contributed by atoms with Crippen molar-refractivity contribution in [3.63, 3.8) is 0 Å². The number of aryl methyl sites for hydroxylation is 2. The second kappa shape index (κ2) is 12.9. The number of nitriles is 1. The summed E-state index contributed by atoms with van der Waals surface area (Å²) >= 11 is 14.6. The third kappa shape index (κ3) is 6.33. The standard InChI is InChI=1S/C33H36Cl2FN9S/c1-18-6-7-25(28(36)27(18)35)41-29-20(14-37)15-38-30-23(29)12-21(13-24(30)34)40-31(32-19(2)39-17-46-32)26-16-45(43-42-26)22-8-10-44(11-9-22)33(3,4)5/h6-7,12-13,15-17,22,31,40,42-43H,8-11H2,1-5H3,(H,38,41)/t31-/m1/s1. The van der Waals surface area contributed by atoms with Crippen molar-refractivity contribution in [2.75, 3.05) is 23.7 Å². The number of likely N-dealkylation sites (tertiary alicyclic amines) is 1. The molecule has 0 aliphatic carbocycles. The van der Waals surface area contributed by atoms with Crippen LogP contribution in [0.25, 0.3) is 10.9 Å². The molecule has 240 valence electrons. The zero-order valence-corrected chi connectivity index (χ0v) is 28.6. The summed E-state index contributed by atoms with van der Waals surface area (Å²) in [5, 5.41) is 19.8. The predicted molar refractivity (Wildman–Crippen MR) is 185 cm³/mol. The molecule has 6 rings (SSSR count). The van der Waals surface area contributed by atoms with Crippen LogP contribution in [0.1, 0.15) is 61.4 Å². The maximum atomic E-state index is 15.2. The maximum absolute atomic E-state index is 15.2. The molecule has 0 saturated carbocycles. The van der Waals surface area contributed by atoms with Gasteiger partial charge in [-0.1, -0.05) is 29.3 Å². The van der Waals surface area contributed by atoms with Gasteiger partial charge in [0.15, 0.2) is 5.82 Å². The highest BCUT2D eigenvalue weighted by molar-refractivity contribution is 7.09. The summed E-state index contributed by atoms with van der Waals surface area (Å²) in [5.41, 5.74) is 13.2. The van der Waals surface area contributed by atoms with E-state index in [0.29, 0.717) is 38.9 Å². The Morgan fingerprint density at radius 1 is 1.15 bits per heavy atom. The number of hydrogen-bond donors (Lipinski definition) is 4. The Kier molecular flexibility index (Phi) is 9.02. The van der Waals surface area contributed by atoms with E-state index in [1.54, 1.807) is 30.4 Å². The van der Waals surface area contributed by atoms with Gasteiger partial charge in [0, 0.05) is 48.1 Å². The predicted octanol–water partition coefficient (Wildman–Crippen LogP) is 7.95. The SMILES string of the molecule is Cc1ccc(Nc2c(C#N)cnc3c(Cl)cc(N[C@H](C4=CN(C5CCN(C(C)(C)C)CC5)NN4)c4scnc4C)cc23)c(F)c1Cl. The molecular weight excluding hydrogens is 644 g/mol. The molecule has 2 aromatic carbocycles. The molecule has 1 atom stereocenters. The largest absolute Gasteiger partial charge is 0.372 e. The first-order valence-electron chi connectivity index (χ1n) is 15.1. The maximum Gasteiger partial charge on any atom is 0.165 e. The van der Waals surface area contributed by atoms with Gasteiger partial charge in [0.2, 0.25) is 0 Å². The number of halogens is 3. The van der Waals surface area contributed by atoms with Crippen molar-refractivity contribution < 1.29 is 4.39 Å². The molecule has 4 N–H and O–H groups in total. The van der Waals surface area contributed by atoms with Gasteiger partial charge in [0.05, 0.1) is 54.3 Å². The quantitative estimate of drug-likeness (QED) is 0.155. The molecule has 0 amide bonds. The number of nitrogens with one attached hydrogen (secondary N) is 4. The molecule has 1 fully saturated rings. The van der Waals surface area contributed by atoms with Gasteiger partial charge in [-0.25, -0.2) is 9.37 Å². The number of thiazole rings is 1. The highest BCUT2D eigenvalue weighted by Crippen LogP contribution is 2.39. The van der Waals surface area contributed by atoms with Gasteiger partial charge in [-0.15, -0.1) is 16.9 Å². The summed E-state index contributed by atoms with van der Waals surface area (Å²) in [5.74, 6) is -0.600. The topological polar surface area (TPSA) is 104 Å². The molecular formula is C33H36Cl2FN9S. The van der Waals surface area contributed by atoms with E-state index in [0.717, 1.165) is 42.2 Å². The third-order valence-electron chi connectivity index (χ3n) is 8.66. The lowest BCUT2D eigenvalue weighted by Crippen LogP contribution is -2.52. The minimum atomic E-state index is -0.600. The second-order valence-electron chi connectivity index (χ2n) is 12.7. The van der Waals surface area contributed by atoms with Crippen molar-refractivity contribution >= 4 is 62.5 Å². The van der Waals surface area contributed by atoms with E-state index in [1.807, 2.05) is 24.6 Å². The van der Waals surface area contributed by atoms with E-state index in [-0.39, 0.29) is 27.9 Å². The van der Waals surface area contributed by atoms with Crippen LogP contribution >= 0.6 is 34.5 Å². The second-order valence-corrected chi connectivity index (χ2v) is 14.4. The first-order valence-corrected chi connectivity index (χ1v) is 16.8. The van der Waals surface area contributed by atoms with Crippen molar-refractivity contribution in [2.24, 2.45) is 0 Å². The van der Waals surface area contributed by atoms with Crippen molar-refractivity contribution in [2.45, 2.75) is 65.1 Å².